The van der Waals surface area contributed by atoms with Crippen LogP contribution < -0.4 is 0 Å². The Balaban J connectivity index is 1.95. The minimum Gasteiger partial charge on any atom is -0.342 e. The van der Waals surface area contributed by atoms with Crippen molar-refractivity contribution in [2.24, 2.45) is 4.99 Å². The van der Waals surface area contributed by atoms with Crippen LogP contribution in [0.25, 0.3) is 0 Å². The Morgan fingerprint density at radius 1 is 1.53 bits per heavy atom. The van der Waals surface area contributed by atoms with Gasteiger partial charge in [-0.2, -0.15) is 0 Å². The highest BCUT2D eigenvalue weighted by molar-refractivity contribution is 6.68. The molecule has 2 saturated heterocycles. The van der Waals surface area contributed by atoms with Crippen molar-refractivity contribution in [1.82, 2.24) is 14.7 Å². The molecule has 0 aromatic rings. The minimum atomic E-state index is 0.133. The number of aliphatic imine (C=N–C) groups is 1. The zero-order valence-electron chi connectivity index (χ0n) is 9.56. The highest BCUT2D eigenvalue weighted by Gasteiger charge is 2.41. The first-order chi connectivity index (χ1) is 8.06. The Kier molecular flexibility index (Phi) is 2.19. The van der Waals surface area contributed by atoms with E-state index in [0.29, 0.717) is 23.6 Å². The molecule has 0 aromatic heterocycles. The van der Waals surface area contributed by atoms with Gasteiger partial charge >= 0.3 is 0 Å². The maximum Gasteiger partial charge on any atom is 0.241 e. The van der Waals surface area contributed by atoms with Gasteiger partial charge in [0.1, 0.15) is 16.8 Å². The summed E-state index contributed by atoms with van der Waals surface area (Å²) in [6, 6.07) is 0.304. The molecule has 3 aliphatic rings. The number of carbonyl (C=O) groups excluding carboxylic acids is 1. The lowest BCUT2D eigenvalue weighted by Crippen LogP contribution is -2.52. The molecule has 0 N–H and O–H groups in total. The molecular weight excluding hydrogens is 240 g/mol. The molecule has 0 aromatic carbocycles. The first-order valence-electron chi connectivity index (χ1n) is 5.49. The smallest absolute Gasteiger partial charge is 0.241 e. The van der Waals surface area contributed by atoms with Gasteiger partial charge < -0.3 is 14.7 Å². The highest BCUT2D eigenvalue weighted by atomic mass is 35.5. The molecule has 2 fully saturated rings. The lowest BCUT2D eigenvalue weighted by atomic mass is 10.2. The third-order valence-corrected chi connectivity index (χ3v) is 3.61. The second-order valence-electron chi connectivity index (χ2n) is 4.52. The van der Waals surface area contributed by atoms with Crippen LogP contribution in [0.2, 0.25) is 0 Å². The second kappa shape index (κ2) is 3.50. The number of amides is 1. The Morgan fingerprint density at radius 3 is 3.06 bits per heavy atom. The lowest BCUT2D eigenvalue weighted by Gasteiger charge is -2.35. The van der Waals surface area contributed by atoms with Gasteiger partial charge in [0.25, 0.3) is 0 Å². The van der Waals surface area contributed by atoms with Crippen LogP contribution in [-0.4, -0.2) is 58.5 Å². The molecule has 0 radical (unpaired) electrons. The van der Waals surface area contributed by atoms with E-state index in [-0.39, 0.29) is 5.91 Å². The molecule has 6 heteroatoms. The van der Waals surface area contributed by atoms with Gasteiger partial charge in [0.05, 0.1) is 12.6 Å². The Morgan fingerprint density at radius 2 is 2.29 bits per heavy atom. The fourth-order valence-corrected chi connectivity index (χ4v) is 2.71. The monoisotopic (exact) mass is 252 g/mol. The van der Waals surface area contributed by atoms with Crippen molar-refractivity contribution in [2.45, 2.75) is 6.04 Å². The van der Waals surface area contributed by atoms with Crippen molar-refractivity contribution >= 4 is 22.7 Å². The Bertz CT molecular complexity index is 470. The van der Waals surface area contributed by atoms with Crippen molar-refractivity contribution in [1.29, 1.82) is 0 Å². The van der Waals surface area contributed by atoms with Gasteiger partial charge in [-0.3, -0.25) is 4.79 Å². The maximum atomic E-state index is 11.7. The van der Waals surface area contributed by atoms with Crippen molar-refractivity contribution in [3.8, 4) is 0 Å². The van der Waals surface area contributed by atoms with Crippen LogP contribution in [0.4, 0.5) is 0 Å². The third-order valence-electron chi connectivity index (χ3n) is 3.42. The largest absolute Gasteiger partial charge is 0.342 e. The molecular formula is C11H13ClN4O. The highest BCUT2D eigenvalue weighted by Crippen LogP contribution is 2.32. The molecule has 0 spiro atoms. The van der Waals surface area contributed by atoms with E-state index in [4.69, 9.17) is 11.6 Å². The average Bonchev–Trinajstić information content (AvgIpc) is 2.58. The lowest BCUT2D eigenvalue weighted by molar-refractivity contribution is -0.134. The molecule has 1 unspecified atom stereocenters. The summed E-state index contributed by atoms with van der Waals surface area (Å²) in [6.45, 7) is 5.84. The van der Waals surface area contributed by atoms with E-state index < -0.39 is 0 Å². The number of likely N-dealkylation sites (N-methyl/N-ethyl adjacent to an activating group) is 1. The summed E-state index contributed by atoms with van der Waals surface area (Å²) >= 11 is 5.94. The van der Waals surface area contributed by atoms with Gasteiger partial charge in [0, 0.05) is 26.2 Å². The van der Waals surface area contributed by atoms with E-state index in [0.717, 1.165) is 18.9 Å². The van der Waals surface area contributed by atoms with Crippen molar-refractivity contribution in [3.63, 3.8) is 0 Å². The molecule has 90 valence electrons. The van der Waals surface area contributed by atoms with Crippen molar-refractivity contribution in [3.05, 3.63) is 24.3 Å². The Hall–Kier alpha value is -1.49. The minimum absolute atomic E-state index is 0.133. The van der Waals surface area contributed by atoms with Gasteiger partial charge in [-0.25, -0.2) is 4.99 Å². The Labute approximate surface area is 105 Å². The number of carbonyl (C=O) groups is 1. The number of piperazine rings is 1. The average molecular weight is 253 g/mol. The summed E-state index contributed by atoms with van der Waals surface area (Å²) in [5.74, 6) is 1.73. The normalized spacial score (nSPS) is 27.9. The number of halogens is 1. The van der Waals surface area contributed by atoms with Crippen LogP contribution in [0, 0.1) is 0 Å². The van der Waals surface area contributed by atoms with Crippen LogP contribution in [-0.2, 0) is 4.79 Å². The van der Waals surface area contributed by atoms with Crippen LogP contribution in [0.15, 0.2) is 29.3 Å². The van der Waals surface area contributed by atoms with E-state index >= 15 is 0 Å². The summed E-state index contributed by atoms with van der Waals surface area (Å²) in [7, 11) is 1.84. The summed E-state index contributed by atoms with van der Waals surface area (Å²) in [4.78, 5) is 21.7. The number of allylic oxidation sites excluding steroid dienone is 1. The van der Waals surface area contributed by atoms with Crippen molar-refractivity contribution < 1.29 is 4.79 Å². The van der Waals surface area contributed by atoms with E-state index in [1.165, 1.54) is 0 Å². The number of hydrogen-bond donors (Lipinski definition) is 0. The van der Waals surface area contributed by atoms with Gasteiger partial charge in [0.15, 0.2) is 0 Å². The van der Waals surface area contributed by atoms with Crippen LogP contribution in [0.1, 0.15) is 0 Å². The first-order valence-corrected chi connectivity index (χ1v) is 5.87. The first kappa shape index (κ1) is 10.7. The maximum absolute atomic E-state index is 11.7. The van der Waals surface area contributed by atoms with E-state index in [1.807, 2.05) is 11.9 Å². The van der Waals surface area contributed by atoms with Gasteiger partial charge in [-0.05, 0) is 0 Å². The predicted molar refractivity (Wildman–Crippen MR) is 65.3 cm³/mol. The SMILES string of the molecule is C=C1N=C(Cl)C=C2N1CC1CN(C)C(=O)CN21. The third kappa shape index (κ3) is 1.53. The molecule has 0 bridgehead atoms. The molecule has 0 saturated carbocycles. The number of rotatable bonds is 0. The summed E-state index contributed by atoms with van der Waals surface area (Å²) in [5.41, 5.74) is 0. The topological polar surface area (TPSA) is 39.1 Å². The fraction of sp³-hybridized carbons (Fsp3) is 0.455. The molecule has 1 atom stereocenters. The molecule has 3 heterocycles. The molecule has 3 rings (SSSR count). The standard InChI is InChI=1S/C11H13ClN4O/c1-7-13-9(12)3-10-15(7)5-8-4-14(2)11(17)6-16(8)10/h3,8H,1,4-6H2,2H3. The van der Waals surface area contributed by atoms with Gasteiger partial charge in [0.2, 0.25) is 5.91 Å². The molecule has 0 aliphatic carbocycles. The van der Waals surface area contributed by atoms with Gasteiger partial charge in [-0.1, -0.05) is 18.2 Å². The summed E-state index contributed by atoms with van der Waals surface area (Å²) in [5, 5.41) is 0.424. The zero-order chi connectivity index (χ0) is 12.2. The van der Waals surface area contributed by atoms with Crippen LogP contribution >= 0.6 is 11.6 Å². The number of nitrogens with zero attached hydrogens (tertiary/aromatic N) is 4. The zero-order valence-corrected chi connectivity index (χ0v) is 10.3. The summed E-state index contributed by atoms with van der Waals surface area (Å²) < 4.78 is 0. The van der Waals surface area contributed by atoms with E-state index in [2.05, 4.69) is 16.5 Å². The summed E-state index contributed by atoms with van der Waals surface area (Å²) in [6.07, 6.45) is 1.80. The van der Waals surface area contributed by atoms with Crippen LogP contribution in [0.3, 0.4) is 0 Å². The quantitative estimate of drug-likeness (QED) is 0.627. The number of fused-ring (bicyclic) bond motifs is 3. The van der Waals surface area contributed by atoms with E-state index in [1.54, 1.807) is 11.0 Å². The van der Waals surface area contributed by atoms with Crippen LogP contribution in [0.5, 0.6) is 0 Å². The van der Waals surface area contributed by atoms with E-state index in [9.17, 15) is 4.79 Å². The molecule has 17 heavy (non-hydrogen) atoms. The molecule has 1 amide bonds. The molecule has 5 nitrogen and oxygen atoms in total. The van der Waals surface area contributed by atoms with Gasteiger partial charge in [-0.15, -0.1) is 0 Å². The fourth-order valence-electron chi connectivity index (χ4n) is 2.52. The second-order valence-corrected chi connectivity index (χ2v) is 4.91. The molecule has 3 aliphatic heterocycles. The number of hydrogen-bond acceptors (Lipinski definition) is 4. The predicted octanol–water partition coefficient (Wildman–Crippen LogP) is 0.408. The van der Waals surface area contributed by atoms with Crippen molar-refractivity contribution in [2.75, 3.05) is 26.7 Å².